The lowest BCUT2D eigenvalue weighted by Crippen LogP contribution is -2.10. The van der Waals surface area contributed by atoms with Crippen molar-refractivity contribution in [2.45, 2.75) is 0 Å². The molecule has 11 aromatic rings. The Labute approximate surface area is 349 Å². The summed E-state index contributed by atoms with van der Waals surface area (Å²) in [6.07, 6.45) is 0. The SMILES string of the molecule is c1ccc(-c2cc(-c3ccccc3)cc(N(c3ccc(-c4cccc(-c5cccc6ccccc56)c4)cc3)c3ccc(-c4ccc5c(c4)oc4ccccc45)cc3)c2)cc1. The number of furan rings is 1. The van der Waals surface area contributed by atoms with Crippen LogP contribution in [0.25, 0.3) is 88.3 Å². The van der Waals surface area contributed by atoms with E-state index in [0.29, 0.717) is 0 Å². The summed E-state index contributed by atoms with van der Waals surface area (Å²) < 4.78 is 6.27. The highest BCUT2D eigenvalue weighted by Gasteiger charge is 2.17. The molecule has 0 aliphatic rings. The predicted molar refractivity (Wildman–Crippen MR) is 253 cm³/mol. The van der Waals surface area contributed by atoms with Gasteiger partial charge in [-0.25, -0.2) is 0 Å². The standard InChI is InChI=1S/C58H39NO/c1-3-13-40(14-4-1)48-36-49(41-15-5-2-6-16-41)38-52(37-48)59(51-32-27-43(28-33-51)46-29-34-56-55-22-9-10-24-57(55)60-58(56)39-46)50-30-25-42(26-31-50)45-19-11-20-47(35-45)54-23-12-18-44-17-7-8-21-53(44)54/h1-39H. The number of hydrogen-bond donors (Lipinski definition) is 0. The number of para-hydroxylation sites is 1. The van der Waals surface area contributed by atoms with Crippen molar-refractivity contribution in [3.05, 3.63) is 237 Å². The molecule has 11 rings (SSSR count). The first-order valence-corrected chi connectivity index (χ1v) is 20.5. The molecule has 1 aromatic heterocycles. The first kappa shape index (κ1) is 35.2. The van der Waals surface area contributed by atoms with Crippen LogP contribution in [0.2, 0.25) is 0 Å². The third-order valence-corrected chi connectivity index (χ3v) is 11.6. The van der Waals surface area contributed by atoms with Crippen molar-refractivity contribution in [2.75, 3.05) is 4.90 Å². The predicted octanol–water partition coefficient (Wildman–Crippen LogP) is 16.5. The molecule has 0 amide bonds. The molecule has 0 N–H and O–H groups in total. The van der Waals surface area contributed by atoms with Gasteiger partial charge in [0.1, 0.15) is 11.2 Å². The lowest BCUT2D eigenvalue weighted by Gasteiger charge is -2.27. The highest BCUT2D eigenvalue weighted by Crippen LogP contribution is 2.42. The van der Waals surface area contributed by atoms with E-state index >= 15 is 0 Å². The quantitative estimate of drug-likeness (QED) is 0.153. The first-order chi connectivity index (χ1) is 29.7. The molecular formula is C58H39NO. The van der Waals surface area contributed by atoms with Crippen molar-refractivity contribution in [1.29, 1.82) is 0 Å². The van der Waals surface area contributed by atoms with Crippen molar-refractivity contribution in [3.8, 4) is 55.6 Å². The van der Waals surface area contributed by atoms with Crippen molar-refractivity contribution < 1.29 is 4.42 Å². The lowest BCUT2D eigenvalue weighted by molar-refractivity contribution is 0.669. The summed E-state index contributed by atoms with van der Waals surface area (Å²) in [6, 6.07) is 85.0. The van der Waals surface area contributed by atoms with E-state index in [1.54, 1.807) is 0 Å². The molecule has 0 saturated heterocycles. The number of rotatable bonds is 8. The van der Waals surface area contributed by atoms with Gasteiger partial charge < -0.3 is 9.32 Å². The van der Waals surface area contributed by atoms with Gasteiger partial charge in [-0.15, -0.1) is 0 Å². The van der Waals surface area contributed by atoms with E-state index in [-0.39, 0.29) is 0 Å². The number of anilines is 3. The Kier molecular flexibility index (Phi) is 8.87. The molecule has 0 unspecified atom stereocenters. The van der Waals surface area contributed by atoms with Gasteiger partial charge in [0.05, 0.1) is 0 Å². The van der Waals surface area contributed by atoms with E-state index in [1.165, 1.54) is 44.2 Å². The summed E-state index contributed by atoms with van der Waals surface area (Å²) >= 11 is 0. The molecule has 0 saturated carbocycles. The second-order valence-electron chi connectivity index (χ2n) is 15.3. The van der Waals surface area contributed by atoms with E-state index in [0.717, 1.165) is 61.3 Å². The first-order valence-electron chi connectivity index (χ1n) is 20.5. The molecule has 0 fully saturated rings. The van der Waals surface area contributed by atoms with Crippen LogP contribution in [-0.4, -0.2) is 0 Å². The fourth-order valence-corrected chi connectivity index (χ4v) is 8.64. The van der Waals surface area contributed by atoms with Gasteiger partial charge in [0.2, 0.25) is 0 Å². The highest BCUT2D eigenvalue weighted by atomic mass is 16.3. The minimum absolute atomic E-state index is 0.897. The van der Waals surface area contributed by atoms with Crippen LogP contribution in [0.15, 0.2) is 241 Å². The van der Waals surface area contributed by atoms with Crippen molar-refractivity contribution in [1.82, 2.24) is 0 Å². The average Bonchev–Trinajstić information content (AvgIpc) is 3.70. The maximum absolute atomic E-state index is 6.27. The largest absolute Gasteiger partial charge is 0.456 e. The van der Waals surface area contributed by atoms with Crippen LogP contribution in [0, 0.1) is 0 Å². The van der Waals surface area contributed by atoms with E-state index in [9.17, 15) is 0 Å². The smallest absolute Gasteiger partial charge is 0.136 e. The zero-order chi connectivity index (χ0) is 39.8. The topological polar surface area (TPSA) is 16.4 Å². The Morgan fingerprint density at radius 3 is 1.40 bits per heavy atom. The molecule has 1 heterocycles. The Balaban J connectivity index is 1.01. The molecule has 10 aromatic carbocycles. The molecule has 2 heteroatoms. The molecular weight excluding hydrogens is 727 g/mol. The summed E-state index contributed by atoms with van der Waals surface area (Å²) in [7, 11) is 0. The van der Waals surface area contributed by atoms with Crippen LogP contribution in [0.3, 0.4) is 0 Å². The molecule has 2 nitrogen and oxygen atoms in total. The van der Waals surface area contributed by atoms with Gasteiger partial charge in [-0.3, -0.25) is 0 Å². The van der Waals surface area contributed by atoms with Gasteiger partial charge in [-0.1, -0.05) is 170 Å². The minimum atomic E-state index is 0.897. The third-order valence-electron chi connectivity index (χ3n) is 11.6. The van der Waals surface area contributed by atoms with E-state index < -0.39 is 0 Å². The third kappa shape index (κ3) is 6.61. The number of hydrogen-bond acceptors (Lipinski definition) is 2. The number of benzene rings is 10. The zero-order valence-electron chi connectivity index (χ0n) is 32.9. The fourth-order valence-electron chi connectivity index (χ4n) is 8.64. The molecule has 0 radical (unpaired) electrons. The van der Waals surface area contributed by atoms with Gasteiger partial charge >= 0.3 is 0 Å². The van der Waals surface area contributed by atoms with Crippen molar-refractivity contribution >= 4 is 49.8 Å². The van der Waals surface area contributed by atoms with Crippen LogP contribution in [-0.2, 0) is 0 Å². The molecule has 0 aliphatic carbocycles. The zero-order valence-corrected chi connectivity index (χ0v) is 32.9. The van der Waals surface area contributed by atoms with Gasteiger partial charge in [-0.05, 0) is 133 Å². The summed E-state index contributed by atoms with van der Waals surface area (Å²) in [5.74, 6) is 0. The summed E-state index contributed by atoms with van der Waals surface area (Å²) in [5, 5.41) is 4.78. The van der Waals surface area contributed by atoms with Crippen LogP contribution < -0.4 is 4.90 Å². The maximum Gasteiger partial charge on any atom is 0.136 e. The number of fused-ring (bicyclic) bond motifs is 4. The fraction of sp³-hybridized carbons (Fsp3) is 0. The molecule has 60 heavy (non-hydrogen) atoms. The van der Waals surface area contributed by atoms with Crippen molar-refractivity contribution in [3.63, 3.8) is 0 Å². The maximum atomic E-state index is 6.27. The van der Waals surface area contributed by atoms with E-state index in [1.807, 2.05) is 12.1 Å². The van der Waals surface area contributed by atoms with Gasteiger partial charge in [0, 0.05) is 27.8 Å². The van der Waals surface area contributed by atoms with Gasteiger partial charge in [0.15, 0.2) is 0 Å². The monoisotopic (exact) mass is 765 g/mol. The minimum Gasteiger partial charge on any atom is -0.456 e. The van der Waals surface area contributed by atoms with Gasteiger partial charge in [0.25, 0.3) is 0 Å². The summed E-state index contributed by atoms with van der Waals surface area (Å²) in [6.45, 7) is 0. The normalized spacial score (nSPS) is 11.3. The van der Waals surface area contributed by atoms with Crippen molar-refractivity contribution in [2.24, 2.45) is 0 Å². The highest BCUT2D eigenvalue weighted by molar-refractivity contribution is 6.06. The Morgan fingerprint density at radius 1 is 0.250 bits per heavy atom. The molecule has 0 spiro atoms. The molecule has 0 atom stereocenters. The van der Waals surface area contributed by atoms with Crippen LogP contribution in [0.4, 0.5) is 17.1 Å². The number of nitrogens with zero attached hydrogens (tertiary/aromatic N) is 1. The van der Waals surface area contributed by atoms with Gasteiger partial charge in [-0.2, -0.15) is 0 Å². The average molecular weight is 766 g/mol. The van der Waals surface area contributed by atoms with Crippen LogP contribution in [0.5, 0.6) is 0 Å². The van der Waals surface area contributed by atoms with E-state index in [2.05, 4.69) is 229 Å². The second-order valence-corrected chi connectivity index (χ2v) is 15.3. The second kappa shape index (κ2) is 15.1. The molecule has 0 aliphatic heterocycles. The Morgan fingerprint density at radius 2 is 0.717 bits per heavy atom. The molecule has 282 valence electrons. The Bertz CT molecular complexity index is 3230. The summed E-state index contributed by atoms with van der Waals surface area (Å²) in [5.41, 5.74) is 16.7. The summed E-state index contributed by atoms with van der Waals surface area (Å²) in [4.78, 5) is 2.38. The lowest BCUT2D eigenvalue weighted by atomic mass is 9.95. The Hall–Kier alpha value is -7.94. The van der Waals surface area contributed by atoms with Crippen LogP contribution in [0.1, 0.15) is 0 Å². The van der Waals surface area contributed by atoms with E-state index in [4.69, 9.17) is 4.42 Å². The molecule has 0 bridgehead atoms. The van der Waals surface area contributed by atoms with Crippen LogP contribution >= 0.6 is 0 Å².